The van der Waals surface area contributed by atoms with E-state index in [2.05, 4.69) is 15.3 Å². The van der Waals surface area contributed by atoms with Crippen molar-refractivity contribution in [3.63, 3.8) is 0 Å². The van der Waals surface area contributed by atoms with Crippen LogP contribution in [-0.2, 0) is 26.3 Å². The van der Waals surface area contributed by atoms with Gasteiger partial charge >= 0.3 is 6.18 Å². The number of nitrogens with one attached hydrogen (secondary N) is 1. The van der Waals surface area contributed by atoms with E-state index in [1.54, 1.807) is 17.4 Å². The summed E-state index contributed by atoms with van der Waals surface area (Å²) < 4.78 is 41.7. The van der Waals surface area contributed by atoms with Crippen LogP contribution in [0, 0.1) is 17.8 Å². The van der Waals surface area contributed by atoms with Gasteiger partial charge in [-0.1, -0.05) is 18.2 Å². The van der Waals surface area contributed by atoms with Gasteiger partial charge in [-0.25, -0.2) is 0 Å². The van der Waals surface area contributed by atoms with Gasteiger partial charge in [0.15, 0.2) is 4.80 Å². The number of alkyl halides is 3. The minimum absolute atomic E-state index is 0.133. The normalized spacial score (nSPS) is 30.9. The predicted molar refractivity (Wildman–Crippen MR) is 112 cm³/mol. The number of aromatic nitrogens is 1. The van der Waals surface area contributed by atoms with Crippen molar-refractivity contribution in [3.8, 4) is 0 Å². The average Bonchev–Trinajstić information content (AvgIpc) is 2.99. The van der Waals surface area contributed by atoms with Crippen molar-refractivity contribution in [2.24, 2.45) is 29.8 Å². The van der Waals surface area contributed by atoms with Crippen LogP contribution >= 0.6 is 11.3 Å². The highest BCUT2D eigenvalue weighted by Crippen LogP contribution is 2.57. The van der Waals surface area contributed by atoms with E-state index in [-0.39, 0.29) is 17.6 Å². The summed E-state index contributed by atoms with van der Waals surface area (Å²) >= 11 is 1.66. The van der Waals surface area contributed by atoms with Crippen molar-refractivity contribution < 1.29 is 13.2 Å². The van der Waals surface area contributed by atoms with E-state index in [4.69, 9.17) is 4.99 Å². The number of thiazole rings is 1. The average molecular weight is 436 g/mol. The van der Waals surface area contributed by atoms with E-state index in [1.165, 1.54) is 50.7 Å². The van der Waals surface area contributed by atoms with Crippen LogP contribution in [0.4, 0.5) is 13.2 Å². The van der Waals surface area contributed by atoms with Crippen LogP contribution in [-0.4, -0.2) is 10.1 Å². The van der Waals surface area contributed by atoms with Gasteiger partial charge in [0, 0.05) is 31.2 Å². The molecule has 2 aromatic rings. The lowest BCUT2D eigenvalue weighted by Gasteiger charge is -2.54. The third kappa shape index (κ3) is 3.86. The zero-order valence-electron chi connectivity index (χ0n) is 17.2. The molecular weight excluding hydrogens is 407 g/mol. The molecule has 1 N–H and O–H groups in total. The minimum Gasteiger partial charge on any atom is -0.323 e. The predicted octanol–water partition coefficient (Wildman–Crippen LogP) is 5.26. The molecule has 1 aromatic heterocycles. The quantitative estimate of drug-likeness (QED) is 0.682. The van der Waals surface area contributed by atoms with Crippen molar-refractivity contribution >= 4 is 11.3 Å². The van der Waals surface area contributed by atoms with Crippen molar-refractivity contribution in [2.75, 3.05) is 0 Å². The highest BCUT2D eigenvalue weighted by molar-refractivity contribution is 7.07. The molecule has 162 valence electrons. The van der Waals surface area contributed by atoms with E-state index in [1.807, 2.05) is 7.05 Å². The molecule has 0 saturated heterocycles. The fourth-order valence-corrected chi connectivity index (χ4v) is 7.35. The largest absolute Gasteiger partial charge is 0.416 e. The van der Waals surface area contributed by atoms with Gasteiger partial charge in [0.05, 0.1) is 11.1 Å². The molecule has 4 bridgehead atoms. The van der Waals surface area contributed by atoms with Crippen LogP contribution in [0.15, 0.2) is 34.6 Å². The van der Waals surface area contributed by atoms with Crippen molar-refractivity contribution in [1.29, 1.82) is 0 Å². The molecule has 0 amide bonds. The molecule has 0 unspecified atom stereocenters. The Morgan fingerprint density at radius 3 is 2.33 bits per heavy atom. The molecular formula is C23H28F3N3S. The Morgan fingerprint density at radius 2 is 1.70 bits per heavy atom. The molecule has 0 spiro atoms. The van der Waals surface area contributed by atoms with Gasteiger partial charge in [-0.05, 0) is 67.9 Å². The third-order valence-electron chi connectivity index (χ3n) is 7.30. The summed E-state index contributed by atoms with van der Waals surface area (Å²) in [7, 11) is 2.02. The smallest absolute Gasteiger partial charge is 0.323 e. The van der Waals surface area contributed by atoms with E-state index in [0.717, 1.165) is 34.3 Å². The molecule has 0 atom stereocenters. The van der Waals surface area contributed by atoms with Gasteiger partial charge in [-0.15, -0.1) is 11.3 Å². The molecule has 4 aliphatic rings. The lowest BCUT2D eigenvalue weighted by atomic mass is 9.53. The highest BCUT2D eigenvalue weighted by Gasteiger charge is 2.51. The summed E-state index contributed by atoms with van der Waals surface area (Å²) in [4.78, 5) is 6.33. The summed E-state index contributed by atoms with van der Waals surface area (Å²) in [5.41, 5.74) is 0.910. The SMILES string of the molecule is Cn1c(CNCc2ccccc2C(F)(F)F)csc1=NC12CC3CC(CC(C3)C1)C2. The Hall–Kier alpha value is -1.60. The maximum absolute atomic E-state index is 13.2. The standard InChI is InChI=1S/C23H28F3N3S/c1-29-19(13-27-12-18-4-2-3-5-20(18)23(24,25)26)14-30-21(29)28-22-9-15-6-16(10-22)8-17(7-15)11-22/h2-5,14-17,27H,6-13H2,1H3. The van der Waals surface area contributed by atoms with Gasteiger partial charge in [0.2, 0.25) is 0 Å². The first-order valence-corrected chi connectivity index (χ1v) is 11.7. The summed E-state index contributed by atoms with van der Waals surface area (Å²) in [6.07, 6.45) is 3.59. The second-order valence-electron chi connectivity index (χ2n) is 9.58. The lowest BCUT2D eigenvalue weighted by Crippen LogP contribution is -2.50. The lowest BCUT2D eigenvalue weighted by molar-refractivity contribution is -0.138. The van der Waals surface area contributed by atoms with Crippen LogP contribution in [0.5, 0.6) is 0 Å². The highest BCUT2D eigenvalue weighted by atomic mass is 32.1. The number of rotatable bonds is 5. The topological polar surface area (TPSA) is 29.3 Å². The van der Waals surface area contributed by atoms with Crippen LogP contribution in [0.3, 0.4) is 0 Å². The van der Waals surface area contributed by atoms with Crippen LogP contribution in [0.25, 0.3) is 0 Å². The second-order valence-corrected chi connectivity index (χ2v) is 10.4. The van der Waals surface area contributed by atoms with E-state index < -0.39 is 11.7 Å². The van der Waals surface area contributed by atoms with E-state index in [0.29, 0.717) is 6.54 Å². The van der Waals surface area contributed by atoms with Gasteiger partial charge in [0.1, 0.15) is 0 Å². The molecule has 7 heteroatoms. The summed E-state index contributed by atoms with van der Waals surface area (Å²) in [6.45, 7) is 0.711. The Bertz CT molecular complexity index is 953. The summed E-state index contributed by atoms with van der Waals surface area (Å²) in [5.74, 6) is 2.58. The Balaban J connectivity index is 1.29. The molecule has 1 heterocycles. The molecule has 30 heavy (non-hydrogen) atoms. The summed E-state index contributed by atoms with van der Waals surface area (Å²) in [5, 5.41) is 5.27. The molecule has 4 fully saturated rings. The van der Waals surface area contributed by atoms with Crippen LogP contribution in [0.1, 0.15) is 55.3 Å². The summed E-state index contributed by atoms with van der Waals surface area (Å²) in [6, 6.07) is 5.77. The van der Waals surface area contributed by atoms with Crippen LogP contribution in [0.2, 0.25) is 0 Å². The number of halogens is 3. The van der Waals surface area contributed by atoms with Crippen molar-refractivity contribution in [3.05, 3.63) is 51.3 Å². The minimum atomic E-state index is -4.32. The Kier molecular flexibility index (Phi) is 5.09. The molecule has 4 aliphatic carbocycles. The molecule has 1 aromatic carbocycles. The molecule has 6 rings (SSSR count). The second kappa shape index (κ2) is 7.52. The number of benzene rings is 1. The molecule has 0 radical (unpaired) electrons. The zero-order valence-corrected chi connectivity index (χ0v) is 18.0. The maximum Gasteiger partial charge on any atom is 0.416 e. The first kappa shape index (κ1) is 20.3. The molecule has 3 nitrogen and oxygen atoms in total. The monoisotopic (exact) mass is 435 g/mol. The van der Waals surface area contributed by atoms with Gasteiger partial charge in [-0.3, -0.25) is 4.99 Å². The number of hydrogen-bond donors (Lipinski definition) is 1. The number of hydrogen-bond acceptors (Lipinski definition) is 3. The fraction of sp³-hybridized carbons (Fsp3) is 0.609. The first-order chi connectivity index (χ1) is 14.3. The van der Waals surface area contributed by atoms with E-state index >= 15 is 0 Å². The van der Waals surface area contributed by atoms with E-state index in [9.17, 15) is 13.2 Å². The Morgan fingerprint density at radius 1 is 1.07 bits per heavy atom. The van der Waals surface area contributed by atoms with Crippen molar-refractivity contribution in [1.82, 2.24) is 9.88 Å². The van der Waals surface area contributed by atoms with Gasteiger partial charge < -0.3 is 9.88 Å². The van der Waals surface area contributed by atoms with Crippen LogP contribution < -0.4 is 10.1 Å². The maximum atomic E-state index is 13.2. The first-order valence-electron chi connectivity index (χ1n) is 10.9. The van der Waals surface area contributed by atoms with Gasteiger partial charge in [0.25, 0.3) is 0 Å². The number of nitrogens with zero attached hydrogens (tertiary/aromatic N) is 2. The Labute approximate surface area is 179 Å². The van der Waals surface area contributed by atoms with Gasteiger partial charge in [-0.2, -0.15) is 13.2 Å². The molecule has 0 aliphatic heterocycles. The van der Waals surface area contributed by atoms with Crippen molar-refractivity contribution in [2.45, 2.75) is 63.3 Å². The zero-order chi connectivity index (χ0) is 20.9. The third-order valence-corrected chi connectivity index (χ3v) is 8.27. The fourth-order valence-electron chi connectivity index (χ4n) is 6.34. The molecule has 4 saturated carbocycles.